The summed E-state index contributed by atoms with van der Waals surface area (Å²) in [4.78, 5) is 0. The molecule has 0 amide bonds. The lowest BCUT2D eigenvalue weighted by atomic mass is 10.1. The molecule has 0 aromatic heterocycles. The van der Waals surface area contributed by atoms with Crippen molar-refractivity contribution in [3.63, 3.8) is 0 Å². The molecule has 1 N–H and O–H groups in total. The molecule has 0 aromatic carbocycles. The fraction of sp³-hybridized carbons (Fsp3) is 0.900. The summed E-state index contributed by atoms with van der Waals surface area (Å²) in [5.41, 5.74) is 0. The molecule has 3 rings (SSSR count). The largest absolute Gasteiger partial charge is 0.387 e. The zero-order chi connectivity index (χ0) is 12.2. The van der Waals surface area contributed by atoms with Crippen molar-refractivity contribution in [2.45, 2.75) is 49.5 Å². The Labute approximate surface area is 114 Å². The second-order valence-corrected chi connectivity index (χ2v) is 8.24. The average Bonchev–Trinajstić information content (AvgIpc) is 2.83. The van der Waals surface area contributed by atoms with Crippen molar-refractivity contribution in [1.29, 1.82) is 0 Å². The zero-order valence-electron chi connectivity index (χ0n) is 9.49. The third-order valence-electron chi connectivity index (χ3n) is 3.03. The van der Waals surface area contributed by atoms with E-state index >= 15 is 0 Å². The van der Waals surface area contributed by atoms with Crippen LogP contribution >= 0.6 is 35.7 Å². The second-order valence-electron chi connectivity index (χ2n) is 4.78. The number of hydrogen-bond acceptors (Lipinski definition) is 7. The molecule has 0 aliphatic carbocycles. The molecule has 17 heavy (non-hydrogen) atoms. The van der Waals surface area contributed by atoms with Gasteiger partial charge in [-0.1, -0.05) is 12.2 Å². The first kappa shape index (κ1) is 12.7. The van der Waals surface area contributed by atoms with Gasteiger partial charge in [0.2, 0.25) is 0 Å². The van der Waals surface area contributed by atoms with Crippen LogP contribution in [0.1, 0.15) is 13.8 Å². The summed E-state index contributed by atoms with van der Waals surface area (Å²) >= 11 is 8.38. The minimum atomic E-state index is -0.672. The molecule has 0 radical (unpaired) electrons. The Morgan fingerprint density at radius 3 is 2.71 bits per heavy atom. The van der Waals surface area contributed by atoms with Crippen LogP contribution in [0.15, 0.2) is 0 Å². The second kappa shape index (κ2) is 4.33. The highest BCUT2D eigenvalue weighted by atomic mass is 32.2. The first-order valence-electron chi connectivity index (χ1n) is 5.49. The number of thiocarbonyl (C=S) groups is 1. The fourth-order valence-electron chi connectivity index (χ4n) is 2.33. The van der Waals surface area contributed by atoms with Gasteiger partial charge < -0.3 is 19.3 Å². The predicted molar refractivity (Wildman–Crippen MR) is 71.1 cm³/mol. The Morgan fingerprint density at radius 2 is 2.12 bits per heavy atom. The summed E-state index contributed by atoms with van der Waals surface area (Å²) in [6.07, 6.45) is -1.72. The van der Waals surface area contributed by atoms with E-state index in [0.29, 0.717) is 0 Å². The van der Waals surface area contributed by atoms with Gasteiger partial charge in [-0.3, -0.25) is 0 Å². The topological polar surface area (TPSA) is 47.9 Å². The summed E-state index contributed by atoms with van der Waals surface area (Å²) in [5.74, 6) is 0.211. The van der Waals surface area contributed by atoms with Crippen LogP contribution in [0.5, 0.6) is 0 Å². The molecular weight excluding hydrogens is 280 g/mol. The van der Waals surface area contributed by atoms with E-state index in [-0.39, 0.29) is 17.5 Å². The number of fused-ring (bicyclic) bond motifs is 1. The van der Waals surface area contributed by atoms with E-state index in [9.17, 15) is 5.11 Å². The molecule has 5 unspecified atom stereocenters. The lowest BCUT2D eigenvalue weighted by Gasteiger charge is -2.25. The van der Waals surface area contributed by atoms with Gasteiger partial charge in [-0.25, -0.2) is 0 Å². The molecule has 3 aliphatic rings. The number of thioether (sulfide) groups is 2. The van der Waals surface area contributed by atoms with Crippen molar-refractivity contribution in [3.05, 3.63) is 0 Å². The van der Waals surface area contributed by atoms with Crippen molar-refractivity contribution in [1.82, 2.24) is 0 Å². The van der Waals surface area contributed by atoms with E-state index in [0.717, 1.165) is 9.28 Å². The van der Waals surface area contributed by atoms with Gasteiger partial charge in [-0.2, -0.15) is 0 Å². The van der Waals surface area contributed by atoms with Crippen LogP contribution < -0.4 is 0 Å². The van der Waals surface area contributed by atoms with Gasteiger partial charge in [0.15, 0.2) is 12.1 Å². The molecule has 4 nitrogen and oxygen atoms in total. The molecule has 3 fully saturated rings. The minimum absolute atomic E-state index is 0.198. The maximum Gasteiger partial charge on any atom is 0.190 e. The van der Waals surface area contributed by atoms with Gasteiger partial charge in [0.25, 0.3) is 0 Å². The van der Waals surface area contributed by atoms with Crippen LogP contribution in [0, 0.1) is 0 Å². The molecule has 5 atom stereocenters. The quantitative estimate of drug-likeness (QED) is 0.733. The van der Waals surface area contributed by atoms with Gasteiger partial charge in [0.05, 0.1) is 0 Å². The Morgan fingerprint density at radius 1 is 1.35 bits per heavy atom. The Hall–Kier alpha value is 0.630. The molecule has 7 heteroatoms. The molecule has 3 saturated heterocycles. The smallest absolute Gasteiger partial charge is 0.190 e. The van der Waals surface area contributed by atoms with Crippen molar-refractivity contribution >= 4 is 39.3 Å². The van der Waals surface area contributed by atoms with E-state index in [1.165, 1.54) is 0 Å². The van der Waals surface area contributed by atoms with E-state index in [4.69, 9.17) is 26.4 Å². The Kier molecular flexibility index (Phi) is 3.22. The molecule has 3 aliphatic heterocycles. The highest BCUT2D eigenvalue weighted by Crippen LogP contribution is 2.44. The highest BCUT2D eigenvalue weighted by Gasteiger charge is 2.56. The van der Waals surface area contributed by atoms with Gasteiger partial charge in [-0.05, 0) is 13.8 Å². The first-order chi connectivity index (χ1) is 7.96. The molecule has 96 valence electrons. The third-order valence-corrected chi connectivity index (χ3v) is 6.22. The van der Waals surface area contributed by atoms with Crippen LogP contribution in [-0.2, 0) is 14.2 Å². The predicted octanol–water partition coefficient (Wildman–Crippen LogP) is 1.36. The Balaban J connectivity index is 1.70. The van der Waals surface area contributed by atoms with Crippen molar-refractivity contribution in [2.24, 2.45) is 0 Å². The van der Waals surface area contributed by atoms with Crippen LogP contribution in [0.3, 0.4) is 0 Å². The van der Waals surface area contributed by atoms with Crippen LogP contribution in [0.4, 0.5) is 0 Å². The van der Waals surface area contributed by atoms with Gasteiger partial charge in [0.1, 0.15) is 21.8 Å². The van der Waals surface area contributed by atoms with Gasteiger partial charge >= 0.3 is 0 Å². The molecule has 0 saturated carbocycles. The SMILES string of the molecule is CC1(C)OC2OC(C3CSC(=S)S3)C(O)C2O1. The maximum atomic E-state index is 10.2. The number of ether oxygens (including phenoxy) is 3. The third kappa shape index (κ3) is 2.27. The van der Waals surface area contributed by atoms with E-state index < -0.39 is 18.2 Å². The zero-order valence-corrected chi connectivity index (χ0v) is 11.9. The van der Waals surface area contributed by atoms with E-state index in [2.05, 4.69) is 0 Å². The van der Waals surface area contributed by atoms with E-state index in [1.807, 2.05) is 13.8 Å². The molecular formula is C10H14O4S3. The number of rotatable bonds is 1. The maximum absolute atomic E-state index is 10.2. The van der Waals surface area contributed by atoms with Gasteiger partial charge in [-0.15, -0.1) is 23.5 Å². The summed E-state index contributed by atoms with van der Waals surface area (Å²) in [6.45, 7) is 3.65. The standard InChI is InChI=1S/C10H14O4S3/c1-10(2)13-7-5(11)6(12-8(7)14-10)4-3-16-9(15)17-4/h4-8,11H,3H2,1-2H3. The van der Waals surface area contributed by atoms with E-state index in [1.54, 1.807) is 23.5 Å². The van der Waals surface area contributed by atoms with Gasteiger partial charge in [0, 0.05) is 11.0 Å². The molecule has 0 bridgehead atoms. The molecule has 0 spiro atoms. The number of hydrogen-bond donors (Lipinski definition) is 1. The number of aliphatic hydroxyl groups is 1. The molecule has 0 aromatic rings. The number of aliphatic hydroxyl groups excluding tert-OH is 1. The van der Waals surface area contributed by atoms with Crippen LogP contribution in [-0.4, -0.2) is 50.0 Å². The minimum Gasteiger partial charge on any atom is -0.387 e. The summed E-state index contributed by atoms with van der Waals surface area (Å²) in [7, 11) is 0. The average molecular weight is 294 g/mol. The van der Waals surface area contributed by atoms with Crippen LogP contribution in [0.2, 0.25) is 0 Å². The molecule has 3 heterocycles. The normalized spacial score (nSPS) is 48.6. The lowest BCUT2D eigenvalue weighted by Crippen LogP contribution is -2.39. The fourth-order valence-corrected chi connectivity index (χ4v) is 5.32. The Bertz CT molecular complexity index is 348. The van der Waals surface area contributed by atoms with Crippen molar-refractivity contribution < 1.29 is 19.3 Å². The first-order valence-corrected chi connectivity index (χ1v) is 7.76. The van der Waals surface area contributed by atoms with Crippen molar-refractivity contribution in [2.75, 3.05) is 5.75 Å². The summed E-state index contributed by atoms with van der Waals surface area (Å²) < 4.78 is 18.0. The monoisotopic (exact) mass is 294 g/mol. The summed E-state index contributed by atoms with van der Waals surface area (Å²) in [5, 5.41) is 10.4. The highest BCUT2D eigenvalue weighted by molar-refractivity contribution is 8.49. The van der Waals surface area contributed by atoms with Crippen molar-refractivity contribution in [3.8, 4) is 0 Å². The summed E-state index contributed by atoms with van der Waals surface area (Å²) in [6, 6.07) is 0. The lowest BCUT2D eigenvalue weighted by molar-refractivity contribution is -0.214. The van der Waals surface area contributed by atoms with Crippen LogP contribution in [0.25, 0.3) is 0 Å².